The third-order valence-electron chi connectivity index (χ3n) is 6.43. The number of carbonyl (C=O) groups excluding carboxylic acids is 2. The van der Waals surface area contributed by atoms with E-state index in [1.54, 1.807) is 0 Å². The predicted octanol–water partition coefficient (Wildman–Crippen LogP) is 3.52. The van der Waals surface area contributed by atoms with E-state index in [4.69, 9.17) is 0 Å². The molecule has 5 nitrogen and oxygen atoms in total. The highest BCUT2D eigenvalue weighted by Gasteiger charge is 2.33. The van der Waals surface area contributed by atoms with Crippen molar-refractivity contribution in [3.8, 4) is 11.1 Å². The molecule has 5 heteroatoms. The second-order valence-electron chi connectivity index (χ2n) is 8.70. The molecule has 1 aliphatic carbocycles. The predicted molar refractivity (Wildman–Crippen MR) is 119 cm³/mol. The Labute approximate surface area is 178 Å². The standard InChI is InChI=1S/C25H31N3O2/c1-17-6-3-4-9-23(17)18-7-5-8-19(14-18)25(30)26-16-22-13-12-21(28(22)2)15-24(29)27-20-10-11-20/h3-9,14,20-22H,10-13,15-16H2,1-2H3,(H,26,30)(H,27,29)/t21-,22+/m1/s1. The summed E-state index contributed by atoms with van der Waals surface area (Å²) in [6.07, 6.45) is 4.78. The van der Waals surface area contributed by atoms with Crippen molar-refractivity contribution in [1.29, 1.82) is 0 Å². The van der Waals surface area contributed by atoms with Crippen LogP contribution in [0.25, 0.3) is 11.1 Å². The van der Waals surface area contributed by atoms with E-state index in [-0.39, 0.29) is 23.9 Å². The molecule has 2 fully saturated rings. The Balaban J connectivity index is 1.32. The van der Waals surface area contributed by atoms with Crippen molar-refractivity contribution in [2.24, 2.45) is 0 Å². The molecule has 0 aromatic heterocycles. The number of nitrogens with zero attached hydrogens (tertiary/aromatic N) is 1. The number of benzene rings is 2. The fraction of sp³-hybridized carbons (Fsp3) is 0.440. The molecule has 1 saturated heterocycles. The summed E-state index contributed by atoms with van der Waals surface area (Å²) in [7, 11) is 2.07. The summed E-state index contributed by atoms with van der Waals surface area (Å²) in [6, 6.07) is 17.0. The van der Waals surface area contributed by atoms with E-state index in [1.807, 2.05) is 36.4 Å². The third kappa shape index (κ3) is 4.90. The van der Waals surface area contributed by atoms with E-state index in [9.17, 15) is 9.59 Å². The molecule has 1 aliphatic heterocycles. The van der Waals surface area contributed by atoms with Gasteiger partial charge in [-0.2, -0.15) is 0 Å². The average molecular weight is 406 g/mol. The first-order valence-electron chi connectivity index (χ1n) is 11.0. The van der Waals surface area contributed by atoms with Gasteiger partial charge in [0.1, 0.15) is 0 Å². The molecule has 0 unspecified atom stereocenters. The molecule has 158 valence electrons. The summed E-state index contributed by atoms with van der Waals surface area (Å²) in [5.41, 5.74) is 4.08. The molecule has 1 saturated carbocycles. The molecule has 2 N–H and O–H groups in total. The maximum absolute atomic E-state index is 12.8. The highest BCUT2D eigenvalue weighted by Crippen LogP contribution is 2.26. The van der Waals surface area contributed by atoms with Gasteiger partial charge in [0.25, 0.3) is 5.91 Å². The number of hydrogen-bond donors (Lipinski definition) is 2. The number of aryl methyl sites for hydroxylation is 1. The van der Waals surface area contributed by atoms with Crippen LogP contribution in [-0.4, -0.2) is 48.4 Å². The fourth-order valence-electron chi connectivity index (χ4n) is 4.35. The minimum atomic E-state index is -0.0474. The molecule has 1 heterocycles. The number of amides is 2. The zero-order chi connectivity index (χ0) is 21.1. The third-order valence-corrected chi connectivity index (χ3v) is 6.43. The number of likely N-dealkylation sites (N-methyl/N-ethyl adjacent to an activating group) is 1. The van der Waals surface area contributed by atoms with Crippen molar-refractivity contribution < 1.29 is 9.59 Å². The molecule has 2 aliphatic rings. The van der Waals surface area contributed by atoms with Crippen LogP contribution < -0.4 is 10.6 Å². The quantitative estimate of drug-likeness (QED) is 0.741. The lowest BCUT2D eigenvalue weighted by Crippen LogP contribution is -2.42. The van der Waals surface area contributed by atoms with Gasteiger partial charge in [-0.15, -0.1) is 0 Å². The van der Waals surface area contributed by atoms with Crippen LogP contribution in [0.5, 0.6) is 0 Å². The van der Waals surface area contributed by atoms with Gasteiger partial charge >= 0.3 is 0 Å². The number of nitrogens with one attached hydrogen (secondary N) is 2. The molecule has 0 spiro atoms. The highest BCUT2D eigenvalue weighted by molar-refractivity contribution is 5.95. The Hall–Kier alpha value is -2.66. The van der Waals surface area contributed by atoms with Crippen LogP contribution >= 0.6 is 0 Å². The van der Waals surface area contributed by atoms with Crippen LogP contribution in [0, 0.1) is 6.92 Å². The molecular formula is C25H31N3O2. The average Bonchev–Trinajstić information content (AvgIpc) is 3.49. The molecular weight excluding hydrogens is 374 g/mol. The maximum Gasteiger partial charge on any atom is 0.251 e. The maximum atomic E-state index is 12.8. The molecule has 2 atom stereocenters. The van der Waals surface area contributed by atoms with Crippen molar-refractivity contribution >= 4 is 11.8 Å². The lowest BCUT2D eigenvalue weighted by molar-refractivity contribution is -0.122. The van der Waals surface area contributed by atoms with E-state index >= 15 is 0 Å². The lowest BCUT2D eigenvalue weighted by atomic mass is 9.99. The van der Waals surface area contributed by atoms with Crippen LogP contribution in [0.15, 0.2) is 48.5 Å². The van der Waals surface area contributed by atoms with Crippen LogP contribution in [-0.2, 0) is 4.79 Å². The topological polar surface area (TPSA) is 61.4 Å². The van der Waals surface area contributed by atoms with E-state index < -0.39 is 0 Å². The minimum Gasteiger partial charge on any atom is -0.353 e. The highest BCUT2D eigenvalue weighted by atomic mass is 16.2. The lowest BCUT2D eigenvalue weighted by Gasteiger charge is -2.25. The molecule has 0 radical (unpaired) electrons. The van der Waals surface area contributed by atoms with Crippen molar-refractivity contribution in [1.82, 2.24) is 15.5 Å². The number of hydrogen-bond acceptors (Lipinski definition) is 3. The van der Waals surface area contributed by atoms with Gasteiger partial charge in [-0.1, -0.05) is 36.4 Å². The summed E-state index contributed by atoms with van der Waals surface area (Å²) >= 11 is 0. The van der Waals surface area contributed by atoms with Gasteiger partial charge in [0.15, 0.2) is 0 Å². The summed E-state index contributed by atoms with van der Waals surface area (Å²) in [6.45, 7) is 2.68. The second-order valence-corrected chi connectivity index (χ2v) is 8.70. The van der Waals surface area contributed by atoms with Gasteiger partial charge in [-0.05, 0) is 68.5 Å². The largest absolute Gasteiger partial charge is 0.353 e. The number of carbonyl (C=O) groups is 2. The summed E-state index contributed by atoms with van der Waals surface area (Å²) in [5, 5.41) is 6.17. The van der Waals surface area contributed by atoms with Gasteiger partial charge in [0.2, 0.25) is 5.91 Å². The van der Waals surface area contributed by atoms with Crippen LogP contribution in [0.1, 0.15) is 48.0 Å². The van der Waals surface area contributed by atoms with Gasteiger partial charge < -0.3 is 10.6 Å². The Morgan fingerprint density at radius 1 is 1.00 bits per heavy atom. The monoisotopic (exact) mass is 405 g/mol. The van der Waals surface area contributed by atoms with Gasteiger partial charge in [0, 0.05) is 36.7 Å². The van der Waals surface area contributed by atoms with Crippen LogP contribution in [0.4, 0.5) is 0 Å². The molecule has 4 rings (SSSR count). The SMILES string of the molecule is Cc1ccccc1-c1cccc(C(=O)NC[C@@H]2CC[C@H](CC(=O)NC3CC3)N2C)c1. The Morgan fingerprint density at radius 3 is 2.53 bits per heavy atom. The molecule has 30 heavy (non-hydrogen) atoms. The van der Waals surface area contributed by atoms with Gasteiger partial charge in [0.05, 0.1) is 0 Å². The van der Waals surface area contributed by atoms with E-state index in [0.29, 0.717) is 24.6 Å². The molecule has 0 bridgehead atoms. The number of likely N-dealkylation sites (tertiary alicyclic amines) is 1. The van der Waals surface area contributed by atoms with Crippen LogP contribution in [0.2, 0.25) is 0 Å². The van der Waals surface area contributed by atoms with Crippen molar-refractivity contribution in [2.75, 3.05) is 13.6 Å². The van der Waals surface area contributed by atoms with E-state index in [0.717, 1.165) is 36.8 Å². The Morgan fingerprint density at radius 2 is 1.77 bits per heavy atom. The van der Waals surface area contributed by atoms with Gasteiger partial charge in [-0.3, -0.25) is 14.5 Å². The Kier molecular flexibility index (Phi) is 6.18. The number of rotatable bonds is 7. The normalized spacial score (nSPS) is 21.4. The molecule has 2 amide bonds. The summed E-state index contributed by atoms with van der Waals surface area (Å²) in [5.74, 6) is 0.112. The summed E-state index contributed by atoms with van der Waals surface area (Å²) in [4.78, 5) is 27.1. The molecule has 2 aromatic carbocycles. The van der Waals surface area contributed by atoms with E-state index in [1.165, 1.54) is 5.56 Å². The minimum absolute atomic E-state index is 0.0474. The first kappa shape index (κ1) is 20.6. The van der Waals surface area contributed by atoms with Crippen molar-refractivity contribution in [3.63, 3.8) is 0 Å². The first-order chi connectivity index (χ1) is 14.5. The van der Waals surface area contributed by atoms with E-state index in [2.05, 4.69) is 41.6 Å². The Bertz CT molecular complexity index is 922. The van der Waals surface area contributed by atoms with Crippen molar-refractivity contribution in [2.45, 2.75) is 57.2 Å². The van der Waals surface area contributed by atoms with Crippen molar-refractivity contribution in [3.05, 3.63) is 59.7 Å². The van der Waals surface area contributed by atoms with Gasteiger partial charge in [-0.25, -0.2) is 0 Å². The smallest absolute Gasteiger partial charge is 0.251 e. The summed E-state index contributed by atoms with van der Waals surface area (Å²) < 4.78 is 0. The first-order valence-corrected chi connectivity index (χ1v) is 11.0. The molecule has 2 aromatic rings. The fourth-order valence-corrected chi connectivity index (χ4v) is 4.35. The zero-order valence-electron chi connectivity index (χ0n) is 17.9. The zero-order valence-corrected chi connectivity index (χ0v) is 17.9. The second kappa shape index (κ2) is 9.00. The van der Waals surface area contributed by atoms with Crippen LogP contribution in [0.3, 0.4) is 0 Å².